The Balaban J connectivity index is 2.06. The zero-order valence-corrected chi connectivity index (χ0v) is 13.5. The molecule has 1 atom stereocenters. The van der Waals surface area contributed by atoms with Gasteiger partial charge in [-0.1, -0.05) is 13.5 Å². The van der Waals surface area contributed by atoms with Gasteiger partial charge >= 0.3 is 0 Å². The summed E-state index contributed by atoms with van der Waals surface area (Å²) in [5.41, 5.74) is 2.11. The topological polar surface area (TPSA) is 40.3 Å². The molecule has 0 spiro atoms. The van der Waals surface area contributed by atoms with Crippen molar-refractivity contribution in [2.45, 2.75) is 39.5 Å². The summed E-state index contributed by atoms with van der Waals surface area (Å²) in [5, 5.41) is 0. The van der Waals surface area contributed by atoms with Gasteiger partial charge in [0.05, 0.1) is 0 Å². The number of piperidine rings is 1. The van der Waals surface area contributed by atoms with Gasteiger partial charge < -0.3 is 4.90 Å². The highest BCUT2D eigenvalue weighted by atomic mass is 15.2. The number of hydrogen-bond acceptors (Lipinski definition) is 3. The average Bonchev–Trinajstić information content (AvgIpc) is 2.52. The molecule has 1 unspecified atom stereocenters. The van der Waals surface area contributed by atoms with E-state index in [2.05, 4.69) is 28.4 Å². The predicted octanol–water partition coefficient (Wildman–Crippen LogP) is 3.47. The third kappa shape index (κ3) is 4.13. The summed E-state index contributed by atoms with van der Waals surface area (Å²) in [7, 11) is 1.74. The van der Waals surface area contributed by atoms with E-state index in [1.807, 2.05) is 13.1 Å². The van der Waals surface area contributed by atoms with E-state index in [9.17, 15) is 0 Å². The van der Waals surface area contributed by atoms with Gasteiger partial charge in [0, 0.05) is 38.5 Å². The van der Waals surface area contributed by atoms with Crippen LogP contribution in [0.15, 0.2) is 38.9 Å². The quantitative estimate of drug-likeness (QED) is 0.566. The number of aliphatic imine (C=N–C) groups is 3. The van der Waals surface area contributed by atoms with Crippen LogP contribution >= 0.6 is 0 Å². The molecule has 1 saturated heterocycles. The van der Waals surface area contributed by atoms with Crippen LogP contribution < -0.4 is 0 Å². The molecule has 4 heteroatoms. The Labute approximate surface area is 128 Å². The Kier molecular flexibility index (Phi) is 5.48. The molecule has 0 saturated carbocycles. The zero-order valence-electron chi connectivity index (χ0n) is 13.5. The van der Waals surface area contributed by atoms with E-state index in [1.165, 1.54) is 30.7 Å². The Morgan fingerprint density at radius 3 is 2.71 bits per heavy atom. The van der Waals surface area contributed by atoms with Gasteiger partial charge in [-0.25, -0.2) is 9.98 Å². The van der Waals surface area contributed by atoms with Crippen LogP contribution in [-0.2, 0) is 0 Å². The third-order valence-corrected chi connectivity index (χ3v) is 4.14. The minimum Gasteiger partial charge on any atom is -0.360 e. The predicted molar refractivity (Wildman–Crippen MR) is 91.4 cm³/mol. The van der Waals surface area contributed by atoms with Gasteiger partial charge in [0.25, 0.3) is 0 Å². The molecule has 2 aliphatic rings. The molecular formula is C17H26N4. The fourth-order valence-corrected chi connectivity index (χ4v) is 2.79. The smallest absolute Gasteiger partial charge is 0.119 e. The van der Waals surface area contributed by atoms with Crippen molar-refractivity contribution in [2.75, 3.05) is 20.1 Å². The molecule has 0 aromatic rings. The highest BCUT2D eigenvalue weighted by Gasteiger charge is 2.23. The van der Waals surface area contributed by atoms with Crippen molar-refractivity contribution in [1.82, 2.24) is 4.90 Å². The van der Waals surface area contributed by atoms with Crippen molar-refractivity contribution in [3.8, 4) is 0 Å². The Hall–Kier alpha value is -1.71. The molecule has 1 fully saturated rings. The van der Waals surface area contributed by atoms with E-state index in [0.717, 1.165) is 30.9 Å². The van der Waals surface area contributed by atoms with Gasteiger partial charge in [0.1, 0.15) is 11.7 Å². The van der Waals surface area contributed by atoms with E-state index in [4.69, 9.17) is 4.99 Å². The van der Waals surface area contributed by atoms with Crippen molar-refractivity contribution in [3.05, 3.63) is 23.9 Å². The largest absolute Gasteiger partial charge is 0.360 e. The molecule has 21 heavy (non-hydrogen) atoms. The Bertz CT molecular complexity index is 505. The number of hydrogen-bond donors (Lipinski definition) is 0. The monoisotopic (exact) mass is 286 g/mol. The third-order valence-electron chi connectivity index (χ3n) is 4.14. The van der Waals surface area contributed by atoms with Crippen LogP contribution in [0.3, 0.4) is 0 Å². The Morgan fingerprint density at radius 2 is 2.10 bits per heavy atom. The average molecular weight is 286 g/mol. The second-order valence-electron chi connectivity index (χ2n) is 5.85. The first-order valence-electron chi connectivity index (χ1n) is 7.80. The highest BCUT2D eigenvalue weighted by molar-refractivity contribution is 5.96. The first-order valence-corrected chi connectivity index (χ1v) is 7.80. The lowest BCUT2D eigenvalue weighted by atomic mass is 9.93. The second kappa shape index (κ2) is 7.34. The molecule has 0 aliphatic carbocycles. The molecule has 0 bridgehead atoms. The lowest BCUT2D eigenvalue weighted by Crippen LogP contribution is -2.40. The number of allylic oxidation sites excluding steroid dienone is 2. The van der Waals surface area contributed by atoms with Crippen molar-refractivity contribution in [1.29, 1.82) is 0 Å². The Morgan fingerprint density at radius 1 is 1.38 bits per heavy atom. The molecule has 0 aromatic heterocycles. The summed E-state index contributed by atoms with van der Waals surface area (Å²) in [6.07, 6.45) is 8.68. The summed E-state index contributed by atoms with van der Waals surface area (Å²) < 4.78 is 0. The molecule has 2 rings (SSSR count). The molecule has 0 aromatic carbocycles. The van der Waals surface area contributed by atoms with E-state index in [-0.39, 0.29) is 0 Å². The molecule has 2 heterocycles. The fraction of sp³-hybridized carbons (Fsp3) is 0.588. The summed E-state index contributed by atoms with van der Waals surface area (Å²) in [4.78, 5) is 15.5. The van der Waals surface area contributed by atoms with E-state index < -0.39 is 0 Å². The van der Waals surface area contributed by atoms with Crippen molar-refractivity contribution < 1.29 is 0 Å². The SMILES string of the molecule is C=C(C=NC(C)=NC)C1=CN=C(N2CCCCC2)C(C)C1. The van der Waals surface area contributed by atoms with Gasteiger partial charge in [-0.3, -0.25) is 4.99 Å². The number of nitrogens with zero attached hydrogens (tertiary/aromatic N) is 4. The van der Waals surface area contributed by atoms with Crippen LogP contribution in [0.1, 0.15) is 39.5 Å². The van der Waals surface area contributed by atoms with E-state index >= 15 is 0 Å². The van der Waals surface area contributed by atoms with Gasteiger partial charge in [0.15, 0.2) is 0 Å². The number of rotatable bonds is 2. The molecule has 0 amide bonds. The maximum atomic E-state index is 4.71. The van der Waals surface area contributed by atoms with Gasteiger partial charge in [0.2, 0.25) is 0 Å². The van der Waals surface area contributed by atoms with Crippen LogP contribution in [-0.4, -0.2) is 42.9 Å². The molecule has 4 nitrogen and oxygen atoms in total. The van der Waals surface area contributed by atoms with Gasteiger partial charge in [-0.05, 0) is 43.8 Å². The minimum absolute atomic E-state index is 0.453. The molecule has 0 radical (unpaired) electrons. The summed E-state index contributed by atoms with van der Waals surface area (Å²) in [6.45, 7) is 10.5. The molecular weight excluding hydrogens is 260 g/mol. The van der Waals surface area contributed by atoms with E-state index in [0.29, 0.717) is 5.92 Å². The van der Waals surface area contributed by atoms with Crippen LogP contribution in [0, 0.1) is 5.92 Å². The van der Waals surface area contributed by atoms with Crippen LogP contribution in [0.5, 0.6) is 0 Å². The first-order chi connectivity index (χ1) is 10.1. The lowest BCUT2D eigenvalue weighted by molar-refractivity contribution is 0.326. The van der Waals surface area contributed by atoms with Crippen molar-refractivity contribution >= 4 is 17.9 Å². The maximum Gasteiger partial charge on any atom is 0.119 e. The van der Waals surface area contributed by atoms with E-state index in [1.54, 1.807) is 13.3 Å². The zero-order chi connectivity index (χ0) is 15.2. The van der Waals surface area contributed by atoms with Gasteiger partial charge in [-0.2, -0.15) is 0 Å². The van der Waals surface area contributed by atoms with Gasteiger partial charge in [-0.15, -0.1) is 0 Å². The summed E-state index contributed by atoms with van der Waals surface area (Å²) in [6, 6.07) is 0. The van der Waals surface area contributed by atoms with Crippen molar-refractivity contribution in [3.63, 3.8) is 0 Å². The van der Waals surface area contributed by atoms with Crippen molar-refractivity contribution in [2.24, 2.45) is 20.9 Å². The maximum absolute atomic E-state index is 4.71. The van der Waals surface area contributed by atoms with Crippen LogP contribution in [0.25, 0.3) is 0 Å². The fourth-order valence-electron chi connectivity index (χ4n) is 2.79. The van der Waals surface area contributed by atoms with Crippen LogP contribution in [0.2, 0.25) is 0 Å². The first kappa shape index (κ1) is 15.7. The second-order valence-corrected chi connectivity index (χ2v) is 5.85. The molecule has 0 N–H and O–H groups in total. The molecule has 2 aliphatic heterocycles. The van der Waals surface area contributed by atoms with Crippen LogP contribution in [0.4, 0.5) is 0 Å². The summed E-state index contributed by atoms with van der Waals surface area (Å²) in [5.74, 6) is 2.46. The number of likely N-dealkylation sites (tertiary alicyclic amines) is 1. The molecule has 114 valence electrons. The lowest BCUT2D eigenvalue weighted by Gasteiger charge is -2.34. The minimum atomic E-state index is 0.453. The number of amidine groups is 2. The normalized spacial score (nSPS) is 24.0. The summed E-state index contributed by atoms with van der Waals surface area (Å²) >= 11 is 0. The highest BCUT2D eigenvalue weighted by Crippen LogP contribution is 2.26. The standard InChI is InChI=1S/C17H26N4/c1-13-10-16(14(2)11-19-15(3)18-4)12-20-17(13)21-8-6-5-7-9-21/h11-13H,2,5-10H2,1,3-4H3.